The van der Waals surface area contributed by atoms with Crippen LogP contribution < -0.4 is 14.8 Å². The van der Waals surface area contributed by atoms with E-state index in [1.54, 1.807) is 18.2 Å². The number of benzene rings is 2. The number of nitriles is 1. The van der Waals surface area contributed by atoms with Crippen LogP contribution in [0.1, 0.15) is 15.9 Å². The summed E-state index contributed by atoms with van der Waals surface area (Å²) in [5.41, 5.74) is 0.405. The van der Waals surface area contributed by atoms with Gasteiger partial charge in [0.1, 0.15) is 11.6 Å². The van der Waals surface area contributed by atoms with Gasteiger partial charge < -0.3 is 9.47 Å². The monoisotopic (exact) mass is 518 g/mol. The molecule has 1 N–H and O–H groups in total. The quantitative estimate of drug-likeness (QED) is 0.215. The summed E-state index contributed by atoms with van der Waals surface area (Å²) in [7, 11) is -2.26. The third kappa shape index (κ3) is 6.16. The smallest absolute Gasteiger partial charge is 0.343 e. The standard InChI is InChI=1S/C21H15ClN4O6S2/c1-31-17-10-12(3-8-16(17)32-19(28)13-4-6-15(22)7-5-13)9-14(11-23)18(27)24-20-25-21(26-33-20)34(2,29)30/h3-10H,1-2H3,(H,24,25,26,27). The van der Waals surface area contributed by atoms with E-state index < -0.39 is 26.9 Å². The maximum absolute atomic E-state index is 12.4. The number of methoxy groups -OCH3 is 1. The van der Waals surface area contributed by atoms with E-state index in [0.29, 0.717) is 22.1 Å². The van der Waals surface area contributed by atoms with Crippen LogP contribution in [-0.2, 0) is 14.6 Å². The molecule has 0 aliphatic heterocycles. The highest BCUT2D eigenvalue weighted by Gasteiger charge is 2.18. The van der Waals surface area contributed by atoms with E-state index >= 15 is 0 Å². The van der Waals surface area contributed by atoms with Crippen LogP contribution in [0.2, 0.25) is 5.02 Å². The topological polar surface area (TPSA) is 148 Å². The van der Waals surface area contributed by atoms with Crippen LogP contribution in [-0.4, -0.2) is 43.0 Å². The Morgan fingerprint density at radius 3 is 2.47 bits per heavy atom. The molecule has 13 heteroatoms. The van der Waals surface area contributed by atoms with Gasteiger partial charge in [0, 0.05) is 22.8 Å². The molecule has 0 radical (unpaired) electrons. The first kappa shape index (κ1) is 24.8. The van der Waals surface area contributed by atoms with Crippen LogP contribution in [0.4, 0.5) is 5.13 Å². The minimum Gasteiger partial charge on any atom is -0.493 e. The fraction of sp³-hybridized carbons (Fsp3) is 0.0952. The van der Waals surface area contributed by atoms with Gasteiger partial charge in [0.15, 0.2) is 11.5 Å². The fourth-order valence-electron chi connectivity index (χ4n) is 2.49. The molecular weight excluding hydrogens is 504 g/mol. The number of esters is 1. The average molecular weight is 519 g/mol. The number of aromatic nitrogens is 2. The number of hydrogen-bond acceptors (Lipinski definition) is 10. The molecule has 2 aromatic carbocycles. The van der Waals surface area contributed by atoms with E-state index in [1.165, 1.54) is 43.5 Å². The number of carbonyl (C=O) groups excluding carboxylic acids is 2. The van der Waals surface area contributed by atoms with Gasteiger partial charge in [0.2, 0.25) is 15.0 Å². The highest BCUT2D eigenvalue weighted by Crippen LogP contribution is 2.30. The highest BCUT2D eigenvalue weighted by molar-refractivity contribution is 7.90. The zero-order chi connectivity index (χ0) is 24.9. The molecular formula is C21H15ClN4O6S2. The maximum Gasteiger partial charge on any atom is 0.343 e. The van der Waals surface area contributed by atoms with Crippen LogP contribution in [0, 0.1) is 11.3 Å². The molecule has 10 nitrogen and oxygen atoms in total. The summed E-state index contributed by atoms with van der Waals surface area (Å²) in [5, 5.41) is 11.7. The molecule has 174 valence electrons. The lowest BCUT2D eigenvalue weighted by molar-refractivity contribution is -0.112. The van der Waals surface area contributed by atoms with Gasteiger partial charge in [-0.3, -0.25) is 10.1 Å². The van der Waals surface area contributed by atoms with Crippen molar-refractivity contribution < 1.29 is 27.5 Å². The summed E-state index contributed by atoms with van der Waals surface area (Å²) in [6.07, 6.45) is 2.21. The van der Waals surface area contributed by atoms with Crippen molar-refractivity contribution in [2.24, 2.45) is 0 Å². The molecule has 0 spiro atoms. The molecule has 0 atom stereocenters. The first-order chi connectivity index (χ1) is 16.1. The Labute approximate surface area is 203 Å². The summed E-state index contributed by atoms with van der Waals surface area (Å²) < 4.78 is 37.2. The van der Waals surface area contributed by atoms with Crippen LogP contribution in [0.15, 0.2) is 53.2 Å². The summed E-state index contributed by atoms with van der Waals surface area (Å²) in [6, 6.07) is 12.4. The number of anilines is 1. The number of sulfone groups is 1. The minimum absolute atomic E-state index is 0.0754. The van der Waals surface area contributed by atoms with Gasteiger partial charge in [0.25, 0.3) is 11.1 Å². The Balaban J connectivity index is 1.78. The molecule has 0 fully saturated rings. The molecule has 3 aromatic rings. The van der Waals surface area contributed by atoms with Crippen molar-refractivity contribution in [1.29, 1.82) is 5.26 Å². The van der Waals surface area contributed by atoms with Gasteiger partial charge >= 0.3 is 5.97 Å². The van der Waals surface area contributed by atoms with Gasteiger partial charge in [-0.15, -0.1) is 0 Å². The van der Waals surface area contributed by atoms with Gasteiger partial charge in [-0.05, 0) is 48.0 Å². The predicted molar refractivity (Wildman–Crippen MR) is 125 cm³/mol. The van der Waals surface area contributed by atoms with Crippen molar-refractivity contribution in [3.63, 3.8) is 0 Å². The SMILES string of the molecule is COc1cc(C=C(C#N)C(=O)Nc2nc(S(C)(=O)=O)ns2)ccc1OC(=O)c1ccc(Cl)cc1. The second kappa shape index (κ2) is 10.4. The Bertz CT molecular complexity index is 1430. The molecule has 1 heterocycles. The number of nitrogens with zero attached hydrogens (tertiary/aromatic N) is 3. The molecule has 0 unspecified atom stereocenters. The third-order valence-corrected chi connectivity index (χ3v) is 5.95. The Hall–Kier alpha value is -3.79. The van der Waals surface area contributed by atoms with Crippen molar-refractivity contribution >= 4 is 56.1 Å². The molecule has 0 aliphatic rings. The van der Waals surface area contributed by atoms with Crippen molar-refractivity contribution in [2.75, 3.05) is 18.7 Å². The predicted octanol–water partition coefficient (Wildman–Crippen LogP) is 3.37. The molecule has 0 aliphatic carbocycles. The molecule has 0 saturated heterocycles. The van der Waals surface area contributed by atoms with Crippen molar-refractivity contribution in [1.82, 2.24) is 9.36 Å². The van der Waals surface area contributed by atoms with Gasteiger partial charge in [0.05, 0.1) is 12.7 Å². The van der Waals surface area contributed by atoms with Crippen LogP contribution in [0.25, 0.3) is 6.08 Å². The van der Waals surface area contributed by atoms with Crippen molar-refractivity contribution in [3.8, 4) is 17.6 Å². The minimum atomic E-state index is -3.63. The second-order valence-corrected chi connectivity index (χ2v) is 9.68. The lowest BCUT2D eigenvalue weighted by atomic mass is 10.1. The van der Waals surface area contributed by atoms with Crippen LogP contribution in [0.5, 0.6) is 11.5 Å². The molecule has 0 bridgehead atoms. The van der Waals surface area contributed by atoms with Crippen LogP contribution in [0.3, 0.4) is 0 Å². The largest absolute Gasteiger partial charge is 0.493 e. The Kier molecular flexibility index (Phi) is 7.62. The summed E-state index contributed by atoms with van der Waals surface area (Å²) in [5.74, 6) is -1.11. The van der Waals surface area contributed by atoms with E-state index in [0.717, 1.165) is 6.26 Å². The van der Waals surface area contributed by atoms with E-state index in [-0.39, 0.29) is 27.8 Å². The summed E-state index contributed by atoms with van der Waals surface area (Å²) >= 11 is 6.49. The van der Waals surface area contributed by atoms with Crippen molar-refractivity contribution in [2.45, 2.75) is 5.16 Å². The first-order valence-corrected chi connectivity index (χ1v) is 12.3. The average Bonchev–Trinajstić information content (AvgIpc) is 3.27. The number of amides is 1. The summed E-state index contributed by atoms with van der Waals surface area (Å²) in [4.78, 5) is 28.5. The number of hydrogen-bond donors (Lipinski definition) is 1. The lowest BCUT2D eigenvalue weighted by Gasteiger charge is -2.10. The molecule has 1 aromatic heterocycles. The third-order valence-electron chi connectivity index (χ3n) is 4.11. The number of halogens is 1. The molecule has 0 saturated carbocycles. The van der Waals surface area contributed by atoms with Gasteiger partial charge in [-0.1, -0.05) is 17.7 Å². The number of rotatable bonds is 7. The van der Waals surface area contributed by atoms with E-state index in [4.69, 9.17) is 21.1 Å². The normalized spacial score (nSPS) is 11.4. The molecule has 1 amide bonds. The zero-order valence-corrected chi connectivity index (χ0v) is 20.0. The Morgan fingerprint density at radius 2 is 1.88 bits per heavy atom. The highest BCUT2D eigenvalue weighted by atomic mass is 35.5. The maximum atomic E-state index is 12.4. The van der Waals surface area contributed by atoms with Gasteiger partial charge in [-0.25, -0.2) is 13.2 Å². The Morgan fingerprint density at radius 1 is 1.18 bits per heavy atom. The van der Waals surface area contributed by atoms with E-state index in [9.17, 15) is 23.3 Å². The zero-order valence-electron chi connectivity index (χ0n) is 17.6. The second-order valence-electron chi connectivity index (χ2n) is 6.58. The van der Waals surface area contributed by atoms with Crippen molar-refractivity contribution in [3.05, 3.63) is 64.2 Å². The summed E-state index contributed by atoms with van der Waals surface area (Å²) in [6.45, 7) is 0. The van der Waals surface area contributed by atoms with Gasteiger partial charge in [-0.2, -0.15) is 14.6 Å². The number of nitrogens with one attached hydrogen (secondary N) is 1. The number of ether oxygens (including phenoxy) is 2. The van der Waals surface area contributed by atoms with E-state index in [2.05, 4.69) is 14.7 Å². The fourth-order valence-corrected chi connectivity index (χ4v) is 4.06. The molecule has 34 heavy (non-hydrogen) atoms. The lowest BCUT2D eigenvalue weighted by Crippen LogP contribution is -2.13. The molecule has 3 rings (SSSR count). The first-order valence-electron chi connectivity index (χ1n) is 9.23. The van der Waals surface area contributed by atoms with Crippen LogP contribution >= 0.6 is 23.1 Å². The number of carbonyl (C=O) groups is 2. The van der Waals surface area contributed by atoms with E-state index in [1.807, 2.05) is 0 Å².